The minimum atomic E-state index is -4.10. The van der Waals surface area contributed by atoms with Gasteiger partial charge in [-0.15, -0.1) is 0 Å². The van der Waals surface area contributed by atoms with Crippen LogP contribution in [0.1, 0.15) is 0 Å². The van der Waals surface area contributed by atoms with Crippen molar-refractivity contribution in [1.29, 1.82) is 0 Å². The van der Waals surface area contributed by atoms with Gasteiger partial charge in [-0.1, -0.05) is 12.1 Å². The maximum absolute atomic E-state index is 13.7. The van der Waals surface area contributed by atoms with Gasteiger partial charge in [0.25, 0.3) is 10.0 Å². The first-order chi connectivity index (χ1) is 9.85. The fraction of sp³-hybridized carbons (Fsp3) is 0. The van der Waals surface area contributed by atoms with Crippen molar-refractivity contribution < 1.29 is 17.2 Å². The molecule has 112 valence electrons. The number of sulfonamides is 1. The zero-order valence-corrected chi connectivity index (χ0v) is 12.8. The zero-order valence-electron chi connectivity index (χ0n) is 10.4. The van der Waals surface area contributed by atoms with E-state index in [9.17, 15) is 17.2 Å². The summed E-state index contributed by atoms with van der Waals surface area (Å²) in [5, 5.41) is 0. The molecule has 2 aromatic rings. The van der Waals surface area contributed by atoms with Crippen LogP contribution in [0.25, 0.3) is 0 Å². The maximum atomic E-state index is 13.7. The average Bonchev–Trinajstić information content (AvgIpc) is 2.43. The van der Waals surface area contributed by atoms with Crippen LogP contribution in [0.5, 0.6) is 0 Å². The molecule has 0 aliphatic rings. The van der Waals surface area contributed by atoms with E-state index in [1.54, 1.807) is 6.07 Å². The summed E-state index contributed by atoms with van der Waals surface area (Å²) in [6, 6.07) is 7.36. The van der Waals surface area contributed by atoms with Crippen LogP contribution in [0.4, 0.5) is 20.2 Å². The molecule has 0 unspecified atom stereocenters. The van der Waals surface area contributed by atoms with Gasteiger partial charge in [-0.05, 0) is 34.1 Å². The Morgan fingerprint density at radius 3 is 2.43 bits per heavy atom. The molecule has 2 aromatic carbocycles. The molecule has 0 saturated heterocycles. The summed E-state index contributed by atoms with van der Waals surface area (Å²) in [5.41, 5.74) is 2.00. The number of nitrogens with one attached hydrogen (secondary N) is 2. The molecule has 2 rings (SSSR count). The minimum Gasteiger partial charge on any atom is -0.323 e. The fourth-order valence-electron chi connectivity index (χ4n) is 1.65. The van der Waals surface area contributed by atoms with Gasteiger partial charge in [0.15, 0.2) is 5.82 Å². The molecule has 0 fully saturated rings. The quantitative estimate of drug-likeness (QED) is 0.564. The molecule has 0 aromatic heterocycles. The Labute approximate surface area is 128 Å². The number of anilines is 2. The van der Waals surface area contributed by atoms with Gasteiger partial charge in [0.2, 0.25) is 0 Å². The largest absolute Gasteiger partial charge is 0.323 e. The molecule has 21 heavy (non-hydrogen) atoms. The van der Waals surface area contributed by atoms with Crippen LogP contribution < -0.4 is 16.0 Å². The molecule has 0 heterocycles. The Bertz CT molecular complexity index is 761. The van der Waals surface area contributed by atoms with Gasteiger partial charge in [0.1, 0.15) is 10.7 Å². The van der Waals surface area contributed by atoms with E-state index < -0.39 is 21.7 Å². The normalized spacial score (nSPS) is 11.2. The van der Waals surface area contributed by atoms with E-state index in [0.29, 0.717) is 6.07 Å². The van der Waals surface area contributed by atoms with Gasteiger partial charge >= 0.3 is 0 Å². The summed E-state index contributed by atoms with van der Waals surface area (Å²) in [7, 11) is -4.10. The first-order valence-corrected chi connectivity index (χ1v) is 7.86. The SMILES string of the molecule is NNc1ccccc1S(=O)(=O)Nc1c(F)cc(F)cc1Br. The second-order valence-electron chi connectivity index (χ2n) is 3.99. The van der Waals surface area contributed by atoms with E-state index in [0.717, 1.165) is 6.07 Å². The molecule has 0 radical (unpaired) electrons. The van der Waals surface area contributed by atoms with Gasteiger partial charge in [0, 0.05) is 10.5 Å². The lowest BCUT2D eigenvalue weighted by Gasteiger charge is -2.13. The number of nitrogen functional groups attached to an aromatic ring is 1. The van der Waals surface area contributed by atoms with Crippen LogP contribution in [0, 0.1) is 11.6 Å². The van der Waals surface area contributed by atoms with Crippen LogP contribution in [-0.4, -0.2) is 8.42 Å². The van der Waals surface area contributed by atoms with Crippen molar-refractivity contribution >= 4 is 37.3 Å². The summed E-state index contributed by atoms with van der Waals surface area (Å²) in [6.07, 6.45) is 0. The summed E-state index contributed by atoms with van der Waals surface area (Å²) in [6.45, 7) is 0. The number of para-hydroxylation sites is 1. The Morgan fingerprint density at radius 2 is 1.81 bits per heavy atom. The Hall–Kier alpha value is -1.71. The van der Waals surface area contributed by atoms with E-state index in [2.05, 4.69) is 26.1 Å². The maximum Gasteiger partial charge on any atom is 0.264 e. The van der Waals surface area contributed by atoms with E-state index in [1.165, 1.54) is 18.2 Å². The van der Waals surface area contributed by atoms with Crippen LogP contribution in [0.3, 0.4) is 0 Å². The standard InChI is InChI=1S/C12H10BrF2N3O2S/c13-8-5-7(14)6-9(15)12(8)18-21(19,20)11-4-2-1-3-10(11)17-16/h1-6,17-18H,16H2. The topological polar surface area (TPSA) is 84.2 Å². The zero-order chi connectivity index (χ0) is 15.6. The second kappa shape index (κ2) is 5.96. The first-order valence-electron chi connectivity index (χ1n) is 5.58. The van der Waals surface area contributed by atoms with Gasteiger partial charge < -0.3 is 5.43 Å². The summed E-state index contributed by atoms with van der Waals surface area (Å²) < 4.78 is 53.3. The van der Waals surface area contributed by atoms with Crippen molar-refractivity contribution in [3.8, 4) is 0 Å². The third-order valence-corrected chi connectivity index (χ3v) is 4.61. The summed E-state index contributed by atoms with van der Waals surface area (Å²) >= 11 is 2.91. The molecule has 0 aliphatic carbocycles. The number of hydrazine groups is 1. The lowest BCUT2D eigenvalue weighted by molar-refractivity contribution is 0.581. The number of hydrogen-bond donors (Lipinski definition) is 3. The number of hydrogen-bond acceptors (Lipinski definition) is 4. The summed E-state index contributed by atoms with van der Waals surface area (Å²) in [5.74, 6) is 3.38. The lowest BCUT2D eigenvalue weighted by atomic mass is 10.3. The summed E-state index contributed by atoms with van der Waals surface area (Å²) in [4.78, 5) is -0.164. The van der Waals surface area contributed by atoms with Crippen molar-refractivity contribution in [1.82, 2.24) is 0 Å². The minimum absolute atomic E-state index is 0.0539. The Morgan fingerprint density at radius 1 is 1.14 bits per heavy atom. The Balaban J connectivity index is 2.48. The number of benzene rings is 2. The van der Waals surface area contributed by atoms with E-state index in [1.807, 2.05) is 0 Å². The Kier molecular flexibility index (Phi) is 4.45. The van der Waals surface area contributed by atoms with Gasteiger partial charge in [-0.2, -0.15) is 0 Å². The van der Waals surface area contributed by atoms with Crippen LogP contribution in [-0.2, 0) is 10.0 Å². The molecule has 0 amide bonds. The van der Waals surface area contributed by atoms with Gasteiger partial charge in [-0.25, -0.2) is 17.2 Å². The molecule has 0 saturated carbocycles. The molecule has 0 aliphatic heterocycles. The molecular weight excluding hydrogens is 368 g/mol. The van der Waals surface area contributed by atoms with Crippen molar-refractivity contribution in [2.75, 3.05) is 10.1 Å². The number of rotatable bonds is 4. The highest BCUT2D eigenvalue weighted by Crippen LogP contribution is 2.30. The van der Waals surface area contributed by atoms with Crippen LogP contribution in [0.2, 0.25) is 0 Å². The predicted molar refractivity (Wildman–Crippen MR) is 79.1 cm³/mol. The van der Waals surface area contributed by atoms with Crippen molar-refractivity contribution in [3.63, 3.8) is 0 Å². The van der Waals surface area contributed by atoms with Gasteiger partial charge in [-0.3, -0.25) is 10.6 Å². The molecule has 4 N–H and O–H groups in total. The van der Waals surface area contributed by atoms with Crippen LogP contribution >= 0.6 is 15.9 Å². The van der Waals surface area contributed by atoms with Crippen molar-refractivity contribution in [3.05, 3.63) is 52.5 Å². The first kappa shape index (κ1) is 15.7. The second-order valence-corrected chi connectivity index (χ2v) is 6.50. The predicted octanol–water partition coefficient (Wildman–Crippen LogP) is 2.81. The monoisotopic (exact) mass is 377 g/mol. The van der Waals surface area contributed by atoms with E-state index in [4.69, 9.17) is 5.84 Å². The fourth-order valence-corrected chi connectivity index (χ4v) is 3.55. The van der Waals surface area contributed by atoms with Crippen molar-refractivity contribution in [2.45, 2.75) is 4.90 Å². The average molecular weight is 378 g/mol. The molecule has 5 nitrogen and oxygen atoms in total. The lowest BCUT2D eigenvalue weighted by Crippen LogP contribution is -2.18. The number of halogens is 3. The molecule has 0 spiro atoms. The van der Waals surface area contributed by atoms with Crippen molar-refractivity contribution in [2.24, 2.45) is 5.84 Å². The third-order valence-electron chi connectivity index (χ3n) is 2.58. The highest BCUT2D eigenvalue weighted by atomic mass is 79.9. The highest BCUT2D eigenvalue weighted by Gasteiger charge is 2.21. The molecule has 9 heteroatoms. The van der Waals surface area contributed by atoms with Gasteiger partial charge in [0.05, 0.1) is 11.4 Å². The van der Waals surface area contributed by atoms with Crippen LogP contribution in [0.15, 0.2) is 45.8 Å². The van der Waals surface area contributed by atoms with E-state index in [-0.39, 0.29) is 20.7 Å². The third kappa shape index (κ3) is 3.31. The molecular formula is C12H10BrF2N3O2S. The number of nitrogens with two attached hydrogens (primary N) is 1. The highest BCUT2D eigenvalue weighted by molar-refractivity contribution is 9.10. The smallest absolute Gasteiger partial charge is 0.264 e. The molecule has 0 bridgehead atoms. The van der Waals surface area contributed by atoms with E-state index >= 15 is 0 Å². The molecule has 0 atom stereocenters.